The Morgan fingerprint density at radius 2 is 2.00 bits per heavy atom. The van der Waals surface area contributed by atoms with Gasteiger partial charge in [-0.1, -0.05) is 30.3 Å². The maximum absolute atomic E-state index is 9.06. The zero-order chi connectivity index (χ0) is 15.1. The molecule has 0 bridgehead atoms. The molecule has 21 heavy (non-hydrogen) atoms. The van der Waals surface area contributed by atoms with Crippen LogP contribution < -0.4 is 10.6 Å². The molecule has 0 amide bonds. The van der Waals surface area contributed by atoms with Crippen LogP contribution in [0.1, 0.15) is 23.4 Å². The number of hydrogen-bond donors (Lipinski definition) is 1. The first-order chi connectivity index (χ1) is 10.2. The number of benzene rings is 1. The van der Waals surface area contributed by atoms with Crippen LogP contribution in [0.5, 0.6) is 0 Å². The molecule has 0 aliphatic rings. The summed E-state index contributed by atoms with van der Waals surface area (Å²) in [6.07, 6.45) is 0.853. The minimum Gasteiger partial charge on any atom is -0.336 e. The highest BCUT2D eigenvalue weighted by atomic mass is 15.2. The number of rotatable bonds is 6. The van der Waals surface area contributed by atoms with E-state index in [1.807, 2.05) is 25.1 Å². The molecule has 5 nitrogen and oxygen atoms in total. The van der Waals surface area contributed by atoms with Gasteiger partial charge in [0, 0.05) is 18.8 Å². The van der Waals surface area contributed by atoms with Crippen molar-refractivity contribution in [2.45, 2.75) is 19.9 Å². The van der Waals surface area contributed by atoms with Gasteiger partial charge in [0.15, 0.2) is 0 Å². The summed E-state index contributed by atoms with van der Waals surface area (Å²) < 4.78 is 0. The van der Waals surface area contributed by atoms with Gasteiger partial charge in [0.1, 0.15) is 11.8 Å². The molecule has 0 unspecified atom stereocenters. The molecular weight excluding hydrogens is 262 g/mol. The van der Waals surface area contributed by atoms with Crippen LogP contribution in [0.15, 0.2) is 36.4 Å². The third-order valence-corrected chi connectivity index (χ3v) is 3.09. The Morgan fingerprint density at radius 1 is 1.24 bits per heavy atom. The number of anilines is 1. The maximum Gasteiger partial charge on any atom is 0.227 e. The summed E-state index contributed by atoms with van der Waals surface area (Å²) in [5.74, 6) is 0.587. The molecule has 0 atom stereocenters. The molecule has 108 valence electrons. The van der Waals surface area contributed by atoms with Crippen LogP contribution in [0.25, 0.3) is 0 Å². The second-order valence-electron chi connectivity index (χ2n) is 4.86. The van der Waals surface area contributed by atoms with E-state index in [1.165, 1.54) is 5.56 Å². The van der Waals surface area contributed by atoms with Gasteiger partial charge in [0.05, 0.1) is 0 Å². The van der Waals surface area contributed by atoms with E-state index in [1.54, 1.807) is 6.07 Å². The lowest BCUT2D eigenvalue weighted by Crippen LogP contribution is -2.27. The quantitative estimate of drug-likeness (QED) is 0.876. The van der Waals surface area contributed by atoms with Gasteiger partial charge in [-0.3, -0.25) is 0 Å². The largest absolute Gasteiger partial charge is 0.336 e. The van der Waals surface area contributed by atoms with E-state index in [-0.39, 0.29) is 0 Å². The molecule has 0 spiro atoms. The molecule has 0 radical (unpaired) electrons. The maximum atomic E-state index is 9.06. The monoisotopic (exact) mass is 281 g/mol. The minimum absolute atomic E-state index is 0.392. The molecule has 1 heterocycles. The Morgan fingerprint density at radius 3 is 2.67 bits per heavy atom. The Hall–Kier alpha value is -2.45. The predicted molar refractivity (Wildman–Crippen MR) is 82.6 cm³/mol. The fourth-order valence-corrected chi connectivity index (χ4v) is 2.09. The molecule has 2 rings (SSSR count). The van der Waals surface area contributed by atoms with Crippen molar-refractivity contribution in [3.63, 3.8) is 0 Å². The van der Waals surface area contributed by atoms with Crippen molar-refractivity contribution >= 4 is 5.95 Å². The standard InChI is InChI=1S/C16H19N5/c1-13-10-15(11-18)20-16(19-13)21(9-5-8-17)12-14-6-3-2-4-7-14/h2-4,6-7,10H,5,8-9,12,17H2,1H3. The zero-order valence-corrected chi connectivity index (χ0v) is 12.2. The van der Waals surface area contributed by atoms with Crippen molar-refractivity contribution in [3.05, 3.63) is 53.3 Å². The average Bonchev–Trinajstić information content (AvgIpc) is 2.51. The van der Waals surface area contributed by atoms with Crippen LogP contribution in [0, 0.1) is 18.3 Å². The number of nitriles is 1. The lowest BCUT2D eigenvalue weighted by atomic mass is 10.2. The summed E-state index contributed by atoms with van der Waals surface area (Å²) in [7, 11) is 0. The van der Waals surface area contributed by atoms with Crippen LogP contribution in [-0.2, 0) is 6.54 Å². The fraction of sp³-hybridized carbons (Fsp3) is 0.312. The van der Waals surface area contributed by atoms with Crippen molar-refractivity contribution in [2.75, 3.05) is 18.0 Å². The first-order valence-electron chi connectivity index (χ1n) is 6.97. The lowest BCUT2D eigenvalue weighted by Gasteiger charge is -2.23. The SMILES string of the molecule is Cc1cc(C#N)nc(N(CCCN)Cc2ccccc2)n1. The van der Waals surface area contributed by atoms with Crippen LogP contribution >= 0.6 is 0 Å². The molecule has 0 fully saturated rings. The molecule has 0 saturated heterocycles. The van der Waals surface area contributed by atoms with Crippen molar-refractivity contribution in [1.29, 1.82) is 5.26 Å². The summed E-state index contributed by atoms with van der Waals surface area (Å²) >= 11 is 0. The van der Waals surface area contributed by atoms with Crippen molar-refractivity contribution < 1.29 is 0 Å². The molecule has 5 heteroatoms. The van der Waals surface area contributed by atoms with Crippen molar-refractivity contribution in [1.82, 2.24) is 9.97 Å². The number of aromatic nitrogens is 2. The summed E-state index contributed by atoms with van der Waals surface area (Å²) in [5.41, 5.74) is 7.98. The molecule has 2 N–H and O–H groups in total. The van der Waals surface area contributed by atoms with E-state index in [2.05, 4.69) is 33.1 Å². The zero-order valence-electron chi connectivity index (χ0n) is 12.2. The molecule has 2 aromatic rings. The van der Waals surface area contributed by atoms with Crippen LogP contribution in [0.3, 0.4) is 0 Å². The highest BCUT2D eigenvalue weighted by Gasteiger charge is 2.12. The lowest BCUT2D eigenvalue weighted by molar-refractivity contribution is 0.711. The van der Waals surface area contributed by atoms with Crippen LogP contribution in [0.4, 0.5) is 5.95 Å². The number of nitrogens with zero attached hydrogens (tertiary/aromatic N) is 4. The first kappa shape index (κ1) is 14.9. The third-order valence-electron chi connectivity index (χ3n) is 3.09. The Balaban J connectivity index is 2.27. The normalized spacial score (nSPS) is 10.1. The molecular formula is C16H19N5. The minimum atomic E-state index is 0.392. The number of nitrogens with two attached hydrogens (primary N) is 1. The summed E-state index contributed by atoms with van der Waals surface area (Å²) in [4.78, 5) is 10.8. The molecule has 1 aromatic heterocycles. The van der Waals surface area contributed by atoms with E-state index in [0.29, 0.717) is 24.7 Å². The second-order valence-corrected chi connectivity index (χ2v) is 4.86. The van der Waals surface area contributed by atoms with Crippen molar-refractivity contribution in [3.8, 4) is 6.07 Å². The fourth-order valence-electron chi connectivity index (χ4n) is 2.09. The van der Waals surface area contributed by atoms with Gasteiger partial charge in [-0.15, -0.1) is 0 Å². The van der Waals surface area contributed by atoms with Crippen LogP contribution in [0.2, 0.25) is 0 Å². The summed E-state index contributed by atoms with van der Waals surface area (Å²) in [6, 6.07) is 13.9. The molecule has 0 aliphatic heterocycles. The van der Waals surface area contributed by atoms with E-state index in [9.17, 15) is 0 Å². The Labute approximate surface area is 125 Å². The van der Waals surface area contributed by atoms with E-state index < -0.39 is 0 Å². The third kappa shape index (κ3) is 4.26. The first-order valence-corrected chi connectivity index (χ1v) is 6.97. The highest BCUT2D eigenvalue weighted by Crippen LogP contribution is 2.14. The topological polar surface area (TPSA) is 78.8 Å². The van der Waals surface area contributed by atoms with Gasteiger partial charge >= 0.3 is 0 Å². The van der Waals surface area contributed by atoms with Gasteiger partial charge in [-0.25, -0.2) is 9.97 Å². The van der Waals surface area contributed by atoms with Crippen LogP contribution in [-0.4, -0.2) is 23.1 Å². The molecule has 0 aliphatic carbocycles. The predicted octanol–water partition coefficient (Wildman–Crippen LogP) is 2.01. The van der Waals surface area contributed by atoms with E-state index in [0.717, 1.165) is 18.7 Å². The van der Waals surface area contributed by atoms with Gasteiger partial charge in [-0.2, -0.15) is 5.26 Å². The smallest absolute Gasteiger partial charge is 0.227 e. The number of aryl methyl sites for hydroxylation is 1. The summed E-state index contributed by atoms with van der Waals surface area (Å²) in [5, 5.41) is 9.06. The van der Waals surface area contributed by atoms with E-state index in [4.69, 9.17) is 11.0 Å². The van der Waals surface area contributed by atoms with Gasteiger partial charge in [0.25, 0.3) is 0 Å². The van der Waals surface area contributed by atoms with Gasteiger partial charge < -0.3 is 10.6 Å². The summed E-state index contributed by atoms with van der Waals surface area (Å²) in [6.45, 7) is 3.95. The molecule has 1 aromatic carbocycles. The second kappa shape index (κ2) is 7.36. The number of hydrogen-bond acceptors (Lipinski definition) is 5. The van der Waals surface area contributed by atoms with Crippen molar-refractivity contribution in [2.24, 2.45) is 5.73 Å². The van der Waals surface area contributed by atoms with Gasteiger partial charge in [-0.05, 0) is 31.5 Å². The average molecular weight is 281 g/mol. The Bertz CT molecular complexity index is 618. The molecule has 0 saturated carbocycles. The Kier molecular flexibility index (Phi) is 5.24. The van der Waals surface area contributed by atoms with E-state index >= 15 is 0 Å². The highest BCUT2D eigenvalue weighted by molar-refractivity contribution is 5.37. The van der Waals surface area contributed by atoms with Gasteiger partial charge in [0.2, 0.25) is 5.95 Å².